The van der Waals surface area contributed by atoms with Gasteiger partial charge in [-0.3, -0.25) is 29.1 Å². The van der Waals surface area contributed by atoms with Gasteiger partial charge in [0.15, 0.2) is 0 Å². The third kappa shape index (κ3) is 16.5. The van der Waals surface area contributed by atoms with Crippen LogP contribution < -0.4 is 14.9 Å². The number of hydrogen-bond acceptors (Lipinski definition) is 10. The molecule has 0 aliphatic heterocycles. The standard InChI is InChI=1S/C30H47FN3O9P/c1-5-7-12-16-40-28(36)18-27(30(38)41-17-13-8-6-2)33-44(39,43-25-14-10-9-11-15-25)23-42-26(19-31)21-34(4)20-24(3)29(37)32-22-35/h9-11,14-15,20,22,26-27H,5-8,12-13,16-19,21,23H2,1-4H3,(H,33,39)(H,32,35,37)/b24-20-/t26-,27-,44?/m0/s1. The first-order valence-electron chi connectivity index (χ1n) is 14.8. The smallest absolute Gasteiger partial charge is 0.342 e. The molecule has 0 saturated carbocycles. The van der Waals surface area contributed by atoms with Crippen molar-refractivity contribution in [3.63, 3.8) is 0 Å². The van der Waals surface area contributed by atoms with Gasteiger partial charge in [0.2, 0.25) is 6.41 Å². The van der Waals surface area contributed by atoms with Crippen LogP contribution in [0.2, 0.25) is 0 Å². The molecule has 1 aromatic rings. The first-order chi connectivity index (χ1) is 21.1. The number of carbonyl (C=O) groups is 4. The van der Waals surface area contributed by atoms with Crippen molar-refractivity contribution in [2.24, 2.45) is 0 Å². The highest BCUT2D eigenvalue weighted by Crippen LogP contribution is 2.44. The molecule has 0 radical (unpaired) electrons. The van der Waals surface area contributed by atoms with E-state index in [1.165, 1.54) is 18.0 Å². The molecule has 0 fully saturated rings. The number of amides is 2. The van der Waals surface area contributed by atoms with Crippen LogP contribution in [-0.4, -0.2) is 81.1 Å². The molecule has 0 spiro atoms. The highest BCUT2D eigenvalue weighted by molar-refractivity contribution is 7.57. The molecular formula is C30H47FN3O9P. The molecule has 0 bridgehead atoms. The lowest BCUT2D eigenvalue weighted by Crippen LogP contribution is -2.41. The molecule has 44 heavy (non-hydrogen) atoms. The Kier molecular flexibility index (Phi) is 19.6. The average molecular weight is 644 g/mol. The highest BCUT2D eigenvalue weighted by Gasteiger charge is 2.36. The van der Waals surface area contributed by atoms with Gasteiger partial charge in [-0.2, -0.15) is 0 Å². The summed E-state index contributed by atoms with van der Waals surface area (Å²) in [7, 11) is -2.57. The molecule has 14 heteroatoms. The van der Waals surface area contributed by atoms with Gasteiger partial charge in [-0.05, 0) is 31.9 Å². The lowest BCUT2D eigenvalue weighted by atomic mass is 10.2. The number of unbranched alkanes of at least 4 members (excludes halogenated alkanes) is 4. The van der Waals surface area contributed by atoms with Gasteiger partial charge in [0, 0.05) is 25.4 Å². The van der Waals surface area contributed by atoms with Crippen molar-refractivity contribution in [1.29, 1.82) is 0 Å². The number of alkyl halides is 1. The van der Waals surface area contributed by atoms with E-state index in [-0.39, 0.29) is 37.5 Å². The lowest BCUT2D eigenvalue weighted by Gasteiger charge is -2.27. The van der Waals surface area contributed by atoms with Gasteiger partial charge in [-0.25, -0.2) is 9.48 Å². The Bertz CT molecular complexity index is 1090. The van der Waals surface area contributed by atoms with Crippen LogP contribution in [0.5, 0.6) is 5.75 Å². The maximum atomic E-state index is 14.1. The predicted octanol–water partition coefficient (Wildman–Crippen LogP) is 4.49. The summed E-state index contributed by atoms with van der Waals surface area (Å²) < 4.78 is 50.2. The van der Waals surface area contributed by atoms with E-state index in [1.54, 1.807) is 37.4 Å². The van der Waals surface area contributed by atoms with Crippen LogP contribution in [0.3, 0.4) is 0 Å². The molecule has 12 nitrogen and oxygen atoms in total. The quantitative estimate of drug-likeness (QED) is 0.0539. The average Bonchev–Trinajstić information content (AvgIpc) is 2.99. The van der Waals surface area contributed by atoms with Gasteiger partial charge in [0.1, 0.15) is 30.9 Å². The normalized spacial score (nSPS) is 14.1. The van der Waals surface area contributed by atoms with Crippen LogP contribution in [0.25, 0.3) is 0 Å². The van der Waals surface area contributed by atoms with E-state index >= 15 is 0 Å². The monoisotopic (exact) mass is 643 g/mol. The molecule has 1 unspecified atom stereocenters. The van der Waals surface area contributed by atoms with Crippen molar-refractivity contribution in [3.05, 3.63) is 42.1 Å². The Morgan fingerprint density at radius 1 is 1.02 bits per heavy atom. The zero-order chi connectivity index (χ0) is 32.8. The second kappa shape index (κ2) is 22.3. The highest BCUT2D eigenvalue weighted by atomic mass is 31.2. The van der Waals surface area contributed by atoms with Crippen molar-refractivity contribution in [1.82, 2.24) is 15.3 Å². The zero-order valence-corrected chi connectivity index (χ0v) is 27.0. The zero-order valence-electron chi connectivity index (χ0n) is 26.1. The van der Waals surface area contributed by atoms with Crippen molar-refractivity contribution in [3.8, 4) is 5.75 Å². The maximum absolute atomic E-state index is 14.1. The number of imide groups is 1. The summed E-state index contributed by atoms with van der Waals surface area (Å²) in [4.78, 5) is 49.5. The minimum atomic E-state index is -4.14. The van der Waals surface area contributed by atoms with Crippen molar-refractivity contribution < 1.29 is 46.9 Å². The molecule has 1 rings (SSSR count). The van der Waals surface area contributed by atoms with E-state index in [2.05, 4.69) is 5.09 Å². The predicted molar refractivity (Wildman–Crippen MR) is 163 cm³/mol. The Morgan fingerprint density at radius 2 is 1.66 bits per heavy atom. The SMILES string of the molecule is CCCCCOC(=O)C[C@H](NP(=O)(CO[C@@H](CF)CN(C)/C=C(/C)C(=O)NC=O)Oc1ccccc1)C(=O)OCCCCC. The minimum Gasteiger partial charge on any atom is -0.466 e. The Hall–Kier alpha value is -3.28. The lowest BCUT2D eigenvalue weighted by molar-refractivity contribution is -0.152. The molecule has 3 atom stereocenters. The Labute approximate surface area is 259 Å². The van der Waals surface area contributed by atoms with Crippen molar-refractivity contribution in [2.75, 3.05) is 39.8 Å². The van der Waals surface area contributed by atoms with Gasteiger partial charge in [0.25, 0.3) is 5.91 Å². The number of ether oxygens (including phenoxy) is 3. The molecule has 2 amide bonds. The summed E-state index contributed by atoms with van der Waals surface area (Å²) >= 11 is 0. The number of hydrogen-bond donors (Lipinski definition) is 2. The Balaban J connectivity index is 3.13. The minimum absolute atomic E-state index is 0.0550. The molecular weight excluding hydrogens is 596 g/mol. The molecule has 0 aliphatic rings. The van der Waals surface area contributed by atoms with Crippen molar-refractivity contribution >= 4 is 31.8 Å². The summed E-state index contributed by atoms with van der Waals surface area (Å²) in [6.45, 7) is 4.76. The van der Waals surface area contributed by atoms with E-state index in [4.69, 9.17) is 18.7 Å². The topological polar surface area (TPSA) is 150 Å². The summed E-state index contributed by atoms with van der Waals surface area (Å²) in [5.41, 5.74) is 0.193. The summed E-state index contributed by atoms with van der Waals surface area (Å²) in [6, 6.07) is 6.75. The fourth-order valence-corrected chi connectivity index (χ4v) is 5.55. The fraction of sp³-hybridized carbons (Fsp3) is 0.600. The number of benzene rings is 1. The molecule has 0 heterocycles. The molecule has 0 aliphatic carbocycles. The number of nitrogens with zero attached hydrogens (tertiary/aromatic N) is 1. The summed E-state index contributed by atoms with van der Waals surface area (Å²) in [6.07, 6.45) is 4.25. The second-order valence-electron chi connectivity index (χ2n) is 10.2. The number of carbonyl (C=O) groups excluding carboxylic acids is 4. The van der Waals surface area contributed by atoms with Gasteiger partial charge in [-0.15, -0.1) is 0 Å². The first kappa shape index (κ1) is 38.7. The molecule has 2 N–H and O–H groups in total. The van der Waals surface area contributed by atoms with Crippen LogP contribution in [0.1, 0.15) is 65.7 Å². The van der Waals surface area contributed by atoms with Gasteiger partial charge in [0.05, 0.1) is 19.6 Å². The maximum Gasteiger partial charge on any atom is 0.342 e. The van der Waals surface area contributed by atoms with Crippen LogP contribution in [-0.2, 0) is 38.0 Å². The van der Waals surface area contributed by atoms with E-state index in [1.807, 2.05) is 19.2 Å². The van der Waals surface area contributed by atoms with Crippen LogP contribution in [0.4, 0.5) is 4.39 Å². The number of likely N-dealkylation sites (N-methyl/N-ethyl adjacent to an activating group) is 1. The number of nitrogens with one attached hydrogen (secondary N) is 2. The van der Waals surface area contributed by atoms with Crippen LogP contribution in [0.15, 0.2) is 42.1 Å². The number of rotatable bonds is 24. The fourth-order valence-electron chi connectivity index (χ4n) is 3.83. The number of halogens is 1. The van der Waals surface area contributed by atoms with Crippen LogP contribution in [0, 0.1) is 0 Å². The third-order valence-electron chi connectivity index (χ3n) is 6.11. The number of esters is 2. The van der Waals surface area contributed by atoms with E-state index in [0.717, 1.165) is 25.7 Å². The summed E-state index contributed by atoms with van der Waals surface area (Å²) in [5.74, 6) is -1.91. The molecule has 0 saturated heterocycles. The Morgan fingerprint density at radius 3 is 2.25 bits per heavy atom. The second-order valence-corrected chi connectivity index (χ2v) is 12.2. The van der Waals surface area contributed by atoms with E-state index < -0.39 is 57.0 Å². The van der Waals surface area contributed by atoms with Gasteiger partial charge >= 0.3 is 19.5 Å². The van der Waals surface area contributed by atoms with E-state index in [9.17, 15) is 28.1 Å². The van der Waals surface area contributed by atoms with Crippen LogP contribution >= 0.6 is 7.52 Å². The third-order valence-corrected chi connectivity index (χ3v) is 7.81. The number of para-hydroxylation sites is 1. The van der Waals surface area contributed by atoms with Gasteiger partial charge in [-0.1, -0.05) is 57.7 Å². The van der Waals surface area contributed by atoms with Gasteiger partial charge < -0.3 is 23.6 Å². The summed E-state index contributed by atoms with van der Waals surface area (Å²) in [5, 5.41) is 4.66. The first-order valence-corrected chi connectivity index (χ1v) is 16.6. The largest absolute Gasteiger partial charge is 0.466 e. The van der Waals surface area contributed by atoms with Crippen molar-refractivity contribution in [2.45, 2.75) is 77.9 Å². The molecule has 1 aromatic carbocycles. The molecule has 0 aromatic heterocycles. The van der Waals surface area contributed by atoms with E-state index in [0.29, 0.717) is 12.8 Å². The molecule has 248 valence electrons.